The molecular formula is C36H38F4N4O2S. The number of alkyl halides is 3. The van der Waals surface area contributed by atoms with Gasteiger partial charge in [-0.1, -0.05) is 74.1 Å². The third-order valence-electron chi connectivity index (χ3n) is 6.98. The molecule has 0 atom stereocenters. The number of aromatic nitrogens is 2. The monoisotopic (exact) mass is 682 g/mol. The fraction of sp³-hybridized carbons (Fsp3) is 0.361. The lowest BCUT2D eigenvalue weighted by Crippen LogP contribution is -2.40. The van der Waals surface area contributed by atoms with Gasteiger partial charge in [-0.3, -0.25) is 9.59 Å². The van der Waals surface area contributed by atoms with E-state index in [0.29, 0.717) is 15.7 Å². The molecule has 0 N–H and O–H groups in total. The first-order valence-electron chi connectivity index (χ1n) is 22.1. The van der Waals surface area contributed by atoms with E-state index in [4.69, 9.17) is 19.2 Å². The molecule has 5 rings (SSSR count). The maximum absolute atomic E-state index is 15.0. The number of carbonyl (C=O) groups excluding carboxylic acids is 1. The topological polar surface area (TPSA) is 58.4 Å². The summed E-state index contributed by atoms with van der Waals surface area (Å²) < 4.78 is 192. The van der Waals surface area contributed by atoms with E-state index in [0.717, 1.165) is 26.0 Å². The molecule has 0 fully saturated rings. The van der Waals surface area contributed by atoms with E-state index in [1.54, 1.807) is 0 Å². The minimum absolute atomic E-state index is 0.0100. The Morgan fingerprint density at radius 3 is 2.21 bits per heavy atom. The summed E-state index contributed by atoms with van der Waals surface area (Å²) in [7, 11) is 0. The van der Waals surface area contributed by atoms with Gasteiger partial charge in [0.2, 0.25) is 5.91 Å². The summed E-state index contributed by atoms with van der Waals surface area (Å²) in [5, 5.41) is -0.939. The van der Waals surface area contributed by atoms with Crippen LogP contribution in [0.1, 0.15) is 70.1 Å². The van der Waals surface area contributed by atoms with Gasteiger partial charge in [-0.25, -0.2) is 4.39 Å². The second kappa shape index (κ2) is 15.3. The molecule has 1 aromatic heterocycles. The number of likely N-dealkylation sites (N-methyl/N-ethyl adjacent to an activating group) is 1. The van der Waals surface area contributed by atoms with Crippen LogP contribution >= 0.6 is 11.8 Å². The van der Waals surface area contributed by atoms with Crippen molar-refractivity contribution in [2.45, 2.75) is 63.2 Å². The van der Waals surface area contributed by atoms with Crippen LogP contribution in [0.3, 0.4) is 0 Å². The molecule has 0 saturated carbocycles. The molecule has 0 bridgehead atoms. The normalized spacial score (nSPS) is 19.6. The Labute approximate surface area is 298 Å². The minimum Gasteiger partial charge on any atom is -0.336 e. The van der Waals surface area contributed by atoms with Gasteiger partial charge in [0.05, 0.1) is 16.5 Å². The molecule has 248 valence electrons. The number of hydrogen-bond donors (Lipinski definition) is 0. The van der Waals surface area contributed by atoms with Crippen molar-refractivity contribution >= 4 is 17.7 Å². The third kappa shape index (κ3) is 8.70. The van der Waals surface area contributed by atoms with Crippen LogP contribution in [-0.2, 0) is 42.6 Å². The molecule has 11 heteroatoms. The van der Waals surface area contributed by atoms with Crippen molar-refractivity contribution in [2.75, 3.05) is 26.0 Å². The molecule has 1 heterocycles. The maximum Gasteiger partial charge on any atom is 0.416 e. The van der Waals surface area contributed by atoms with E-state index in [1.165, 1.54) is 36.4 Å². The average molecular weight is 683 g/mol. The van der Waals surface area contributed by atoms with E-state index in [-0.39, 0.29) is 57.6 Å². The summed E-state index contributed by atoms with van der Waals surface area (Å²) in [6, 6.07) is 4.45. The minimum atomic E-state index is -4.62. The quantitative estimate of drug-likeness (QED) is 0.0847. The zero-order valence-corrected chi connectivity index (χ0v) is 25.8. The van der Waals surface area contributed by atoms with Crippen LogP contribution in [0.15, 0.2) is 82.7 Å². The number of amides is 1. The highest BCUT2D eigenvalue weighted by Crippen LogP contribution is 2.31. The predicted octanol–water partition coefficient (Wildman–Crippen LogP) is 7.22. The third-order valence-corrected chi connectivity index (χ3v) is 7.74. The molecule has 0 unspecified atom stereocenters. The van der Waals surface area contributed by atoms with Crippen LogP contribution in [0.4, 0.5) is 17.6 Å². The predicted molar refractivity (Wildman–Crippen MR) is 177 cm³/mol. The second-order valence-electron chi connectivity index (χ2n) is 9.99. The van der Waals surface area contributed by atoms with Crippen LogP contribution in [0.25, 0.3) is 11.1 Å². The summed E-state index contributed by atoms with van der Waals surface area (Å²) in [5.74, 6) is -3.54. The van der Waals surface area contributed by atoms with Gasteiger partial charge in [-0.05, 0) is 78.7 Å². The number of benzene rings is 3. The Morgan fingerprint density at radius 2 is 1.60 bits per heavy atom. The van der Waals surface area contributed by atoms with Crippen molar-refractivity contribution in [3.05, 3.63) is 117 Å². The van der Waals surface area contributed by atoms with Gasteiger partial charge in [0.25, 0.3) is 5.56 Å². The molecular weight excluding hydrogens is 628 g/mol. The number of fused-ring (bicyclic) bond motifs is 1. The maximum atomic E-state index is 15.0. The largest absolute Gasteiger partial charge is 0.416 e. The summed E-state index contributed by atoms with van der Waals surface area (Å²) >= 11 is -0.149. The molecule has 1 aliphatic carbocycles. The van der Waals surface area contributed by atoms with Gasteiger partial charge >= 0.3 is 6.18 Å². The SMILES string of the molecule is [2H]c1c([2H])c(C([2H])([2H])Sc2nc(=O)c3c(n2C([2H])([2H])C(=O)N(Cc2ccc(-c4ccc(C(F)(F)F)cc4)cc2)C([2H])([2H])C([2H])([2H])N(C([2H])([2H])C)C([2H])([2H])C)CCC3)c([2H])c([2H])c1F. The molecule has 0 saturated heterocycles. The van der Waals surface area contributed by atoms with Crippen LogP contribution in [0.2, 0.25) is 0 Å². The number of halogens is 4. The summed E-state index contributed by atoms with van der Waals surface area (Å²) in [4.78, 5) is 32.0. The second-order valence-corrected chi connectivity index (χ2v) is 10.8. The average Bonchev–Trinajstić information content (AvgIpc) is 3.63. The van der Waals surface area contributed by atoms with Crippen LogP contribution in [0, 0.1) is 5.82 Å². The Balaban J connectivity index is 1.70. The number of carbonyl (C=O) groups is 1. The first-order chi connectivity index (χ1) is 28.6. The first-order valence-corrected chi connectivity index (χ1v) is 14.9. The van der Waals surface area contributed by atoms with Crippen LogP contribution < -0.4 is 5.56 Å². The van der Waals surface area contributed by atoms with Crippen LogP contribution in [-0.4, -0.2) is 51.2 Å². The van der Waals surface area contributed by atoms with E-state index in [9.17, 15) is 29.9 Å². The highest BCUT2D eigenvalue weighted by atomic mass is 32.2. The van der Waals surface area contributed by atoms with Crippen molar-refractivity contribution in [2.24, 2.45) is 0 Å². The molecule has 0 radical (unpaired) electrons. The molecule has 0 aliphatic heterocycles. The van der Waals surface area contributed by atoms with Crippen molar-refractivity contribution in [3.8, 4) is 11.1 Å². The molecule has 47 heavy (non-hydrogen) atoms. The van der Waals surface area contributed by atoms with Gasteiger partial charge in [-0.2, -0.15) is 18.2 Å². The molecule has 1 amide bonds. The summed E-state index contributed by atoms with van der Waals surface area (Å²) in [6.07, 6.45) is -4.60. The van der Waals surface area contributed by atoms with Gasteiger partial charge in [0.15, 0.2) is 5.16 Å². The van der Waals surface area contributed by atoms with Crippen molar-refractivity contribution in [1.82, 2.24) is 19.4 Å². The lowest BCUT2D eigenvalue weighted by molar-refractivity contribution is -0.137. The number of hydrogen-bond acceptors (Lipinski definition) is 5. The molecule has 1 aliphatic rings. The molecule has 6 nitrogen and oxygen atoms in total. The number of nitrogens with zero attached hydrogens (tertiary/aromatic N) is 4. The number of rotatable bonds is 13. The number of thioether (sulfide) groups is 1. The standard InChI is InChI=1S/C36H38F4N4O2S/c1-3-42(4-2)20-21-43(22-25-8-12-27(13-9-25)28-14-16-29(17-15-28)36(38,39)40)33(45)23-44-32-7-5-6-31(32)34(46)41-35(44)47-24-26-10-18-30(37)19-11-26/h8-19H,3-7,20-24H2,1-2H3/i3D2,4D2,10D,11D,18D,19D,20D2,21D2,23D2,24D2. The highest BCUT2D eigenvalue weighted by Gasteiger charge is 2.30. The molecule has 4 aromatic rings. The Bertz CT molecular complexity index is 2430. The summed E-state index contributed by atoms with van der Waals surface area (Å²) in [6.45, 7) is -17.0. The Hall–Kier alpha value is -3.96. The fourth-order valence-corrected chi connectivity index (χ4v) is 5.31. The summed E-state index contributed by atoms with van der Waals surface area (Å²) in [5.41, 5.74) is -5.91. The zero-order valence-electron chi connectivity index (χ0n) is 41.0. The Morgan fingerprint density at radius 1 is 0.957 bits per heavy atom. The van der Waals surface area contributed by atoms with Crippen molar-refractivity contribution in [3.63, 3.8) is 0 Å². The van der Waals surface area contributed by atoms with Gasteiger partial charge in [-0.15, -0.1) is 0 Å². The van der Waals surface area contributed by atoms with Crippen molar-refractivity contribution < 1.29 is 44.3 Å². The van der Waals surface area contributed by atoms with Gasteiger partial charge < -0.3 is 14.4 Å². The lowest BCUT2D eigenvalue weighted by Gasteiger charge is -2.28. The molecule has 0 spiro atoms. The fourth-order valence-electron chi connectivity index (χ4n) is 4.64. The van der Waals surface area contributed by atoms with E-state index >= 15 is 0 Å². The Kier molecular flexibility index (Phi) is 6.23. The van der Waals surface area contributed by atoms with Gasteiger partial charge in [0, 0.05) is 47.5 Å². The first kappa shape index (κ1) is 19.1. The van der Waals surface area contributed by atoms with Crippen molar-refractivity contribution in [1.29, 1.82) is 0 Å². The smallest absolute Gasteiger partial charge is 0.336 e. The lowest BCUT2D eigenvalue weighted by atomic mass is 10.0. The van der Waals surface area contributed by atoms with Crippen LogP contribution in [0.5, 0.6) is 0 Å². The highest BCUT2D eigenvalue weighted by molar-refractivity contribution is 7.98. The van der Waals surface area contributed by atoms with E-state index in [2.05, 4.69) is 4.98 Å². The zero-order chi connectivity index (χ0) is 47.8. The molecule has 3 aromatic carbocycles. The van der Waals surface area contributed by atoms with Gasteiger partial charge in [0.1, 0.15) is 12.3 Å². The van der Waals surface area contributed by atoms with E-state index < -0.39 is 109 Å². The van der Waals surface area contributed by atoms with E-state index in [1.807, 2.05) is 0 Å².